The highest BCUT2D eigenvalue weighted by Gasteiger charge is 2.16. The lowest BCUT2D eigenvalue weighted by Crippen LogP contribution is -2.29. The molecule has 0 aliphatic heterocycles. The quantitative estimate of drug-likeness (QED) is 0.609. The Morgan fingerprint density at radius 3 is 2.47 bits per heavy atom. The van der Waals surface area contributed by atoms with E-state index in [9.17, 15) is 9.59 Å². The average molecular weight is 251 g/mol. The lowest BCUT2D eigenvalue weighted by atomic mass is 10.2. The van der Waals surface area contributed by atoms with Gasteiger partial charge in [-0.15, -0.1) is 11.8 Å². The third kappa shape index (κ3) is 3.89. The number of hydrogen-bond acceptors (Lipinski definition) is 3. The topological polar surface area (TPSA) is 37.4 Å². The number of rotatable bonds is 4. The van der Waals surface area contributed by atoms with Gasteiger partial charge in [-0.2, -0.15) is 0 Å². The van der Waals surface area contributed by atoms with Gasteiger partial charge in [-0.25, -0.2) is 0 Å². The Morgan fingerprint density at radius 1 is 1.29 bits per heavy atom. The number of benzene rings is 1. The summed E-state index contributed by atoms with van der Waals surface area (Å²) in [6.45, 7) is 3.41. The molecule has 0 bridgehead atoms. The molecule has 0 saturated heterocycles. The highest BCUT2D eigenvalue weighted by atomic mass is 32.2. The van der Waals surface area contributed by atoms with E-state index in [1.54, 1.807) is 25.1 Å². The fourth-order valence-electron chi connectivity index (χ4n) is 1.41. The number of amides is 1. The summed E-state index contributed by atoms with van der Waals surface area (Å²) in [5.41, 5.74) is 0.680. The number of hydrogen-bond donors (Lipinski definition) is 0. The molecule has 0 saturated carbocycles. The Labute approximate surface area is 106 Å². The van der Waals surface area contributed by atoms with Gasteiger partial charge in [-0.1, -0.05) is 12.1 Å². The second kappa shape index (κ2) is 5.87. The maximum Gasteiger partial charge on any atom is 0.235 e. The van der Waals surface area contributed by atoms with E-state index in [1.165, 1.54) is 18.7 Å². The van der Waals surface area contributed by atoms with Crippen molar-refractivity contribution in [2.24, 2.45) is 0 Å². The van der Waals surface area contributed by atoms with E-state index in [4.69, 9.17) is 0 Å². The van der Waals surface area contributed by atoms with Crippen molar-refractivity contribution in [3.8, 4) is 0 Å². The van der Waals surface area contributed by atoms with E-state index >= 15 is 0 Å². The predicted molar refractivity (Wildman–Crippen MR) is 70.5 cm³/mol. The van der Waals surface area contributed by atoms with Crippen LogP contribution in [0.3, 0.4) is 0 Å². The number of carbonyl (C=O) groups is 2. The van der Waals surface area contributed by atoms with Crippen LogP contribution in [0.1, 0.15) is 24.2 Å². The molecule has 0 fully saturated rings. The molecule has 0 aromatic heterocycles. The van der Waals surface area contributed by atoms with Crippen LogP contribution in [-0.2, 0) is 4.79 Å². The van der Waals surface area contributed by atoms with E-state index < -0.39 is 0 Å². The third-order valence-corrected chi connectivity index (χ3v) is 3.42. The molecule has 0 heterocycles. The second-order valence-electron chi connectivity index (χ2n) is 4.08. The first-order valence-electron chi connectivity index (χ1n) is 5.40. The van der Waals surface area contributed by atoms with Crippen LogP contribution in [0.4, 0.5) is 0 Å². The lowest BCUT2D eigenvalue weighted by molar-refractivity contribution is -0.127. The number of thioether (sulfide) groups is 1. The largest absolute Gasteiger partial charge is 0.348 e. The number of nitrogens with zero attached hydrogens (tertiary/aromatic N) is 1. The summed E-state index contributed by atoms with van der Waals surface area (Å²) in [4.78, 5) is 25.5. The molecular formula is C13H17NO2S. The van der Waals surface area contributed by atoms with Crippen molar-refractivity contribution in [3.63, 3.8) is 0 Å². The molecule has 0 aliphatic carbocycles. The van der Waals surface area contributed by atoms with Crippen LogP contribution < -0.4 is 0 Å². The molecule has 0 spiro atoms. The Bertz CT molecular complexity index is 429. The molecule has 0 aliphatic rings. The van der Waals surface area contributed by atoms with Crippen LogP contribution >= 0.6 is 11.8 Å². The Morgan fingerprint density at radius 2 is 1.94 bits per heavy atom. The van der Waals surface area contributed by atoms with Crippen molar-refractivity contribution in [3.05, 3.63) is 29.8 Å². The highest BCUT2D eigenvalue weighted by Crippen LogP contribution is 2.25. The fourth-order valence-corrected chi connectivity index (χ4v) is 2.48. The summed E-state index contributed by atoms with van der Waals surface area (Å²) in [5.74, 6) is 0.113. The maximum atomic E-state index is 11.7. The molecular weight excluding hydrogens is 234 g/mol. The SMILES string of the molecule is CC(=O)c1cccc(SC(C)C(=O)N(C)C)c1. The van der Waals surface area contributed by atoms with Gasteiger partial charge < -0.3 is 4.90 Å². The average Bonchev–Trinajstić information content (AvgIpc) is 2.28. The summed E-state index contributed by atoms with van der Waals surface area (Å²) in [6.07, 6.45) is 0. The van der Waals surface area contributed by atoms with Crippen molar-refractivity contribution in [1.82, 2.24) is 4.90 Å². The van der Waals surface area contributed by atoms with Crippen molar-refractivity contribution in [2.45, 2.75) is 24.0 Å². The minimum Gasteiger partial charge on any atom is -0.348 e. The molecule has 17 heavy (non-hydrogen) atoms. The van der Waals surface area contributed by atoms with Crippen molar-refractivity contribution >= 4 is 23.5 Å². The molecule has 92 valence electrons. The highest BCUT2D eigenvalue weighted by molar-refractivity contribution is 8.00. The first-order chi connectivity index (χ1) is 7.91. The monoisotopic (exact) mass is 251 g/mol. The molecule has 1 aromatic rings. The number of carbonyl (C=O) groups excluding carboxylic acids is 2. The van der Waals surface area contributed by atoms with Crippen molar-refractivity contribution in [1.29, 1.82) is 0 Å². The van der Waals surface area contributed by atoms with Crippen LogP contribution in [0.2, 0.25) is 0 Å². The lowest BCUT2D eigenvalue weighted by Gasteiger charge is -2.16. The van der Waals surface area contributed by atoms with Gasteiger partial charge in [0.15, 0.2) is 5.78 Å². The maximum absolute atomic E-state index is 11.7. The summed E-state index contributed by atoms with van der Waals surface area (Å²) in [7, 11) is 3.48. The summed E-state index contributed by atoms with van der Waals surface area (Å²) in [6, 6.07) is 7.36. The first-order valence-corrected chi connectivity index (χ1v) is 6.28. The Balaban J connectivity index is 2.78. The van der Waals surface area contributed by atoms with E-state index in [0.717, 1.165) is 4.90 Å². The standard InChI is InChI=1S/C13H17NO2S/c1-9(15)11-6-5-7-12(8-11)17-10(2)13(16)14(3)4/h5-8,10H,1-4H3. The molecule has 1 atom stereocenters. The molecule has 4 heteroatoms. The minimum atomic E-state index is -0.146. The zero-order chi connectivity index (χ0) is 13.0. The van der Waals surface area contributed by atoms with Gasteiger partial charge in [0, 0.05) is 24.6 Å². The molecule has 1 rings (SSSR count). The second-order valence-corrected chi connectivity index (χ2v) is 5.49. The minimum absolute atomic E-state index is 0.0408. The summed E-state index contributed by atoms with van der Waals surface area (Å²) in [5, 5.41) is -0.146. The zero-order valence-corrected chi connectivity index (χ0v) is 11.4. The molecule has 1 unspecified atom stereocenters. The Hall–Kier alpha value is -1.29. The first kappa shape index (κ1) is 13.8. The third-order valence-electron chi connectivity index (χ3n) is 2.34. The molecule has 3 nitrogen and oxygen atoms in total. The predicted octanol–water partition coefficient (Wildman–Crippen LogP) is 2.46. The molecule has 0 N–H and O–H groups in total. The Kier molecular flexibility index (Phi) is 4.75. The molecule has 1 amide bonds. The van der Waals surface area contributed by atoms with Gasteiger partial charge in [-0.3, -0.25) is 9.59 Å². The zero-order valence-electron chi connectivity index (χ0n) is 10.6. The van der Waals surface area contributed by atoms with Crippen LogP contribution in [0.25, 0.3) is 0 Å². The van der Waals surface area contributed by atoms with Gasteiger partial charge >= 0.3 is 0 Å². The molecule has 1 aromatic carbocycles. The van der Waals surface area contributed by atoms with E-state index in [0.29, 0.717) is 5.56 Å². The number of ketones is 1. The van der Waals surface area contributed by atoms with E-state index in [1.807, 2.05) is 25.1 Å². The van der Waals surface area contributed by atoms with Gasteiger partial charge in [0.2, 0.25) is 5.91 Å². The molecule has 0 radical (unpaired) electrons. The summed E-state index contributed by atoms with van der Waals surface area (Å²) < 4.78 is 0. The van der Waals surface area contributed by atoms with Gasteiger partial charge in [0.05, 0.1) is 5.25 Å². The normalized spacial score (nSPS) is 12.0. The van der Waals surface area contributed by atoms with Gasteiger partial charge in [0.25, 0.3) is 0 Å². The smallest absolute Gasteiger partial charge is 0.235 e. The van der Waals surface area contributed by atoms with E-state index in [2.05, 4.69) is 0 Å². The van der Waals surface area contributed by atoms with E-state index in [-0.39, 0.29) is 16.9 Å². The number of Topliss-reactive ketones (excluding diaryl/α,β-unsaturated/α-hetero) is 1. The van der Waals surface area contributed by atoms with Crippen LogP contribution in [0, 0.1) is 0 Å². The van der Waals surface area contributed by atoms with Crippen molar-refractivity contribution in [2.75, 3.05) is 14.1 Å². The van der Waals surface area contributed by atoms with Gasteiger partial charge in [-0.05, 0) is 26.0 Å². The van der Waals surface area contributed by atoms with Crippen LogP contribution in [0.15, 0.2) is 29.2 Å². The fraction of sp³-hybridized carbons (Fsp3) is 0.385. The summed E-state index contributed by atoms with van der Waals surface area (Å²) >= 11 is 1.47. The van der Waals surface area contributed by atoms with Crippen molar-refractivity contribution < 1.29 is 9.59 Å². The van der Waals surface area contributed by atoms with Crippen LogP contribution in [0.5, 0.6) is 0 Å². The van der Waals surface area contributed by atoms with Gasteiger partial charge in [0.1, 0.15) is 0 Å². The van der Waals surface area contributed by atoms with Crippen LogP contribution in [-0.4, -0.2) is 35.9 Å².